The Morgan fingerprint density at radius 2 is 2.25 bits per heavy atom. The maximum Gasteiger partial charge on any atom is 0.328 e. The van der Waals surface area contributed by atoms with E-state index in [9.17, 15) is 9.59 Å². The van der Waals surface area contributed by atoms with Crippen LogP contribution in [0.5, 0.6) is 0 Å². The minimum atomic E-state index is -1.11. The first-order valence-corrected chi connectivity index (χ1v) is 5.65. The van der Waals surface area contributed by atoms with E-state index >= 15 is 0 Å². The van der Waals surface area contributed by atoms with E-state index in [0.29, 0.717) is 11.3 Å². The highest BCUT2D eigenvalue weighted by atomic mass is 16.4. The molecule has 102 valence electrons. The summed E-state index contributed by atoms with van der Waals surface area (Å²) in [5.41, 5.74) is 1.30. The molecule has 0 radical (unpaired) electrons. The van der Waals surface area contributed by atoms with Crippen LogP contribution in [0.15, 0.2) is 35.2 Å². The number of carbonyl (C=O) groups excluding carboxylic acids is 1. The van der Waals surface area contributed by atoms with Gasteiger partial charge in [0.05, 0.1) is 11.3 Å². The van der Waals surface area contributed by atoms with Gasteiger partial charge in [0.2, 0.25) is 0 Å². The fourth-order valence-electron chi connectivity index (χ4n) is 1.48. The molecule has 1 amide bonds. The molecule has 0 unspecified atom stereocenters. The number of rotatable bonds is 4. The Morgan fingerprint density at radius 1 is 1.45 bits per heavy atom. The summed E-state index contributed by atoms with van der Waals surface area (Å²) in [5.74, 6) is -1.57. The number of pyridine rings is 1. The average molecular weight is 273 g/mol. The summed E-state index contributed by atoms with van der Waals surface area (Å²) in [6, 6.07) is 1.56. The highest BCUT2D eigenvalue weighted by Gasteiger charge is 2.12. The van der Waals surface area contributed by atoms with Crippen molar-refractivity contribution in [1.82, 2.24) is 9.97 Å². The fraction of sp³-hybridized carbons (Fsp3) is 0.0769. The second-order valence-electron chi connectivity index (χ2n) is 3.88. The van der Waals surface area contributed by atoms with E-state index in [4.69, 9.17) is 9.52 Å². The monoisotopic (exact) mass is 273 g/mol. The fourth-order valence-corrected chi connectivity index (χ4v) is 1.48. The van der Waals surface area contributed by atoms with Gasteiger partial charge in [-0.15, -0.1) is 0 Å². The quantitative estimate of drug-likeness (QED) is 0.822. The topological polar surface area (TPSA) is 105 Å². The number of hydrogen-bond acceptors (Lipinski definition) is 5. The second kappa shape index (κ2) is 5.79. The number of carboxylic acids is 1. The number of oxazole rings is 1. The molecule has 2 rings (SSSR count). The van der Waals surface area contributed by atoms with Gasteiger partial charge < -0.3 is 9.52 Å². The molecule has 0 bridgehead atoms. The molecule has 0 fully saturated rings. The van der Waals surface area contributed by atoms with Gasteiger partial charge in [0.1, 0.15) is 6.26 Å². The number of nitrogens with zero attached hydrogens (tertiary/aromatic N) is 2. The number of anilines is 1. The van der Waals surface area contributed by atoms with Crippen LogP contribution in [0.2, 0.25) is 0 Å². The summed E-state index contributed by atoms with van der Waals surface area (Å²) in [6.45, 7) is 1.73. The van der Waals surface area contributed by atoms with Gasteiger partial charge in [-0.1, -0.05) is 0 Å². The number of carboxylic acid groups (broad SMARTS) is 1. The van der Waals surface area contributed by atoms with Crippen molar-refractivity contribution in [1.29, 1.82) is 0 Å². The first kappa shape index (κ1) is 13.5. The summed E-state index contributed by atoms with van der Waals surface area (Å²) in [5, 5.41) is 11.1. The normalized spacial score (nSPS) is 10.7. The molecule has 7 nitrogen and oxygen atoms in total. The van der Waals surface area contributed by atoms with Gasteiger partial charge in [-0.3, -0.25) is 15.1 Å². The number of carbonyl (C=O) groups is 2. The SMILES string of the molecule is Cc1coc(NC(=O)c2ccncc2/C=C/C(=O)O)n1. The largest absolute Gasteiger partial charge is 0.478 e. The number of amides is 1. The van der Waals surface area contributed by atoms with Crippen molar-refractivity contribution < 1.29 is 19.1 Å². The van der Waals surface area contributed by atoms with Crippen LogP contribution in [0.3, 0.4) is 0 Å². The molecule has 20 heavy (non-hydrogen) atoms. The number of aromatic nitrogens is 2. The predicted molar refractivity (Wildman–Crippen MR) is 70.1 cm³/mol. The van der Waals surface area contributed by atoms with Crippen LogP contribution < -0.4 is 5.32 Å². The molecular weight excluding hydrogens is 262 g/mol. The van der Waals surface area contributed by atoms with Crippen LogP contribution in [0, 0.1) is 6.92 Å². The maximum absolute atomic E-state index is 12.1. The molecule has 0 aliphatic heterocycles. The van der Waals surface area contributed by atoms with Gasteiger partial charge in [0.15, 0.2) is 0 Å². The van der Waals surface area contributed by atoms with Crippen LogP contribution in [-0.2, 0) is 4.79 Å². The van der Waals surface area contributed by atoms with Crippen molar-refractivity contribution in [3.05, 3.63) is 47.6 Å². The summed E-state index contributed by atoms with van der Waals surface area (Å²) >= 11 is 0. The van der Waals surface area contributed by atoms with Gasteiger partial charge in [-0.2, -0.15) is 4.98 Å². The Kier molecular flexibility index (Phi) is 3.90. The smallest absolute Gasteiger partial charge is 0.328 e. The van der Waals surface area contributed by atoms with E-state index in [1.807, 2.05) is 0 Å². The maximum atomic E-state index is 12.1. The predicted octanol–water partition coefficient (Wildman–Crippen LogP) is 1.73. The third kappa shape index (κ3) is 3.29. The van der Waals surface area contributed by atoms with Crippen molar-refractivity contribution in [2.24, 2.45) is 0 Å². The first-order valence-electron chi connectivity index (χ1n) is 5.65. The van der Waals surface area contributed by atoms with Gasteiger partial charge in [0, 0.05) is 24.0 Å². The van der Waals surface area contributed by atoms with Gasteiger partial charge >= 0.3 is 12.0 Å². The number of hydrogen-bond donors (Lipinski definition) is 2. The Balaban J connectivity index is 2.23. The number of nitrogens with one attached hydrogen (secondary N) is 1. The van der Waals surface area contributed by atoms with E-state index in [2.05, 4.69) is 15.3 Å². The second-order valence-corrected chi connectivity index (χ2v) is 3.88. The molecule has 0 aliphatic rings. The number of aryl methyl sites for hydroxylation is 1. The number of aliphatic carboxylic acids is 1. The van der Waals surface area contributed by atoms with Crippen LogP contribution in [0.25, 0.3) is 6.08 Å². The molecule has 0 spiro atoms. The summed E-state index contributed by atoms with van der Waals surface area (Å²) in [6.07, 6.45) is 6.48. The molecule has 0 saturated heterocycles. The lowest BCUT2D eigenvalue weighted by molar-refractivity contribution is -0.131. The lowest BCUT2D eigenvalue weighted by atomic mass is 10.1. The zero-order valence-corrected chi connectivity index (χ0v) is 10.5. The van der Waals surface area contributed by atoms with Gasteiger partial charge in [-0.05, 0) is 19.1 Å². The van der Waals surface area contributed by atoms with Gasteiger partial charge in [-0.25, -0.2) is 4.79 Å². The van der Waals surface area contributed by atoms with Crippen molar-refractivity contribution in [2.75, 3.05) is 5.32 Å². The summed E-state index contributed by atoms with van der Waals surface area (Å²) in [4.78, 5) is 30.4. The van der Waals surface area contributed by atoms with E-state index in [1.165, 1.54) is 30.8 Å². The molecule has 2 aromatic rings. The third-order valence-electron chi connectivity index (χ3n) is 2.34. The Labute approximate surface area is 114 Å². The summed E-state index contributed by atoms with van der Waals surface area (Å²) in [7, 11) is 0. The van der Waals surface area contributed by atoms with Gasteiger partial charge in [0.25, 0.3) is 5.91 Å². The lowest BCUT2D eigenvalue weighted by Gasteiger charge is -2.04. The Hall–Kier alpha value is -2.96. The van der Waals surface area contributed by atoms with Crippen molar-refractivity contribution in [3.63, 3.8) is 0 Å². The van der Waals surface area contributed by atoms with Crippen molar-refractivity contribution in [3.8, 4) is 0 Å². The van der Waals surface area contributed by atoms with E-state index in [-0.39, 0.29) is 11.6 Å². The van der Waals surface area contributed by atoms with Crippen molar-refractivity contribution in [2.45, 2.75) is 6.92 Å². The molecular formula is C13H11N3O4. The molecule has 7 heteroatoms. The molecule has 0 atom stereocenters. The standard InChI is InChI=1S/C13H11N3O4/c1-8-7-20-13(15-8)16-12(19)10-4-5-14-6-9(10)2-3-11(17)18/h2-7H,1H3,(H,17,18)(H,15,16,19)/b3-2+. The zero-order chi connectivity index (χ0) is 14.5. The molecule has 2 heterocycles. The average Bonchev–Trinajstić information content (AvgIpc) is 2.82. The van der Waals surface area contributed by atoms with Crippen LogP contribution in [0.1, 0.15) is 21.6 Å². The third-order valence-corrected chi connectivity index (χ3v) is 2.34. The molecule has 0 saturated carbocycles. The van der Waals surface area contributed by atoms with E-state index in [1.54, 1.807) is 6.92 Å². The molecule has 2 aromatic heterocycles. The minimum Gasteiger partial charge on any atom is -0.478 e. The highest BCUT2D eigenvalue weighted by Crippen LogP contribution is 2.13. The van der Waals surface area contributed by atoms with Crippen LogP contribution in [-0.4, -0.2) is 27.0 Å². The lowest BCUT2D eigenvalue weighted by Crippen LogP contribution is -2.13. The molecule has 0 aliphatic carbocycles. The minimum absolute atomic E-state index is 0.0810. The Bertz CT molecular complexity index is 676. The summed E-state index contributed by atoms with van der Waals surface area (Å²) < 4.78 is 5.02. The van der Waals surface area contributed by atoms with E-state index < -0.39 is 11.9 Å². The van der Waals surface area contributed by atoms with Crippen molar-refractivity contribution >= 4 is 24.0 Å². The van der Waals surface area contributed by atoms with Crippen LogP contribution in [0.4, 0.5) is 6.01 Å². The first-order chi connectivity index (χ1) is 9.56. The highest BCUT2D eigenvalue weighted by molar-refractivity contribution is 6.06. The Morgan fingerprint density at radius 3 is 2.90 bits per heavy atom. The van der Waals surface area contributed by atoms with E-state index in [0.717, 1.165) is 6.08 Å². The molecule has 2 N–H and O–H groups in total. The zero-order valence-electron chi connectivity index (χ0n) is 10.5. The van der Waals surface area contributed by atoms with Crippen LogP contribution >= 0.6 is 0 Å². The molecule has 0 aromatic carbocycles.